The first kappa shape index (κ1) is 24.6. The molecule has 7 nitrogen and oxygen atoms in total. The predicted molar refractivity (Wildman–Crippen MR) is 108 cm³/mol. The zero-order valence-corrected chi connectivity index (χ0v) is 18.0. The second kappa shape index (κ2) is 12.9. The van der Waals surface area contributed by atoms with Gasteiger partial charge >= 0.3 is 11.9 Å². The second-order valence-corrected chi connectivity index (χ2v) is 8.57. The molecule has 0 saturated carbocycles. The number of esters is 2. The first-order valence-corrected chi connectivity index (χ1v) is 10.5. The lowest BCUT2D eigenvalue weighted by Crippen LogP contribution is -2.35. The van der Waals surface area contributed by atoms with Crippen molar-refractivity contribution in [1.29, 1.82) is 0 Å². The third-order valence-electron chi connectivity index (χ3n) is 4.70. The molecule has 0 bridgehead atoms. The molecule has 1 unspecified atom stereocenters. The van der Waals surface area contributed by atoms with Crippen molar-refractivity contribution in [3.63, 3.8) is 0 Å². The van der Waals surface area contributed by atoms with E-state index in [2.05, 4.69) is 31.2 Å². The molecule has 0 radical (unpaired) electrons. The molecule has 1 heterocycles. The average molecular weight is 400 g/mol. The van der Waals surface area contributed by atoms with Gasteiger partial charge in [0, 0.05) is 19.0 Å². The van der Waals surface area contributed by atoms with Gasteiger partial charge in [0.2, 0.25) is 6.29 Å². The molecule has 28 heavy (non-hydrogen) atoms. The van der Waals surface area contributed by atoms with Gasteiger partial charge < -0.3 is 19.1 Å². The molecule has 162 valence electrons. The number of cyclic esters (lactones) is 1. The SMILES string of the molecule is CC(=O)OC(CCCCCCCCC[N+](C)(C)C)NCCC1=C[C@H](O)OC1=O. The fourth-order valence-electron chi connectivity index (χ4n) is 3.22. The van der Waals surface area contributed by atoms with E-state index in [1.165, 1.54) is 51.6 Å². The fraction of sp³-hybridized carbons (Fsp3) is 0.810. The zero-order valence-electron chi connectivity index (χ0n) is 18.0. The van der Waals surface area contributed by atoms with Crippen LogP contribution in [0.2, 0.25) is 0 Å². The predicted octanol–water partition coefficient (Wildman–Crippen LogP) is 2.48. The lowest BCUT2D eigenvalue weighted by molar-refractivity contribution is -0.870. The van der Waals surface area contributed by atoms with Gasteiger partial charge in [0.1, 0.15) is 0 Å². The molecule has 0 spiro atoms. The quantitative estimate of drug-likeness (QED) is 0.190. The molecule has 0 amide bonds. The van der Waals surface area contributed by atoms with E-state index >= 15 is 0 Å². The first-order valence-electron chi connectivity index (χ1n) is 10.5. The summed E-state index contributed by atoms with van der Waals surface area (Å²) in [5.74, 6) is -0.801. The molecular formula is C21H39N2O5+. The number of nitrogens with one attached hydrogen (secondary N) is 1. The van der Waals surface area contributed by atoms with Crippen molar-refractivity contribution in [2.75, 3.05) is 34.2 Å². The monoisotopic (exact) mass is 399 g/mol. The van der Waals surface area contributed by atoms with Crippen LogP contribution in [-0.4, -0.2) is 68.3 Å². The summed E-state index contributed by atoms with van der Waals surface area (Å²) in [6.45, 7) is 3.11. The zero-order chi connectivity index (χ0) is 21.0. The molecule has 0 aromatic heterocycles. The maximum absolute atomic E-state index is 11.5. The molecule has 1 aliphatic heterocycles. The number of aliphatic hydroxyl groups excluding tert-OH is 1. The van der Waals surface area contributed by atoms with Crippen molar-refractivity contribution in [2.45, 2.75) is 77.2 Å². The van der Waals surface area contributed by atoms with Crippen LogP contribution in [-0.2, 0) is 19.1 Å². The number of carbonyl (C=O) groups excluding carboxylic acids is 2. The lowest BCUT2D eigenvalue weighted by atomic mass is 10.1. The van der Waals surface area contributed by atoms with E-state index in [4.69, 9.17) is 4.74 Å². The Morgan fingerprint density at radius 3 is 2.32 bits per heavy atom. The van der Waals surface area contributed by atoms with Crippen LogP contribution in [0.3, 0.4) is 0 Å². The van der Waals surface area contributed by atoms with Crippen LogP contribution in [0.15, 0.2) is 11.6 Å². The van der Waals surface area contributed by atoms with Crippen LogP contribution in [0.5, 0.6) is 0 Å². The molecule has 0 aliphatic carbocycles. The smallest absolute Gasteiger partial charge is 0.336 e. The van der Waals surface area contributed by atoms with Gasteiger partial charge in [-0.3, -0.25) is 10.1 Å². The molecule has 0 saturated heterocycles. The largest absolute Gasteiger partial charge is 0.447 e. The third-order valence-corrected chi connectivity index (χ3v) is 4.70. The van der Waals surface area contributed by atoms with Crippen LogP contribution in [0.4, 0.5) is 0 Å². The molecule has 1 aliphatic rings. The van der Waals surface area contributed by atoms with Gasteiger partial charge in [-0.25, -0.2) is 4.79 Å². The minimum atomic E-state index is -1.14. The summed E-state index contributed by atoms with van der Waals surface area (Å²) in [5.41, 5.74) is 0.451. The fourth-order valence-corrected chi connectivity index (χ4v) is 3.22. The van der Waals surface area contributed by atoms with Crippen molar-refractivity contribution in [1.82, 2.24) is 5.32 Å². The number of hydrogen-bond donors (Lipinski definition) is 2. The number of quaternary nitrogens is 1. The van der Waals surface area contributed by atoms with Crippen LogP contribution in [0.25, 0.3) is 0 Å². The van der Waals surface area contributed by atoms with E-state index in [1.54, 1.807) is 0 Å². The van der Waals surface area contributed by atoms with E-state index < -0.39 is 12.3 Å². The normalized spacial score (nSPS) is 18.0. The lowest BCUT2D eigenvalue weighted by Gasteiger charge is -2.23. The van der Waals surface area contributed by atoms with Crippen molar-refractivity contribution >= 4 is 11.9 Å². The summed E-state index contributed by atoms with van der Waals surface area (Å²) in [6, 6.07) is 0. The van der Waals surface area contributed by atoms with E-state index in [-0.39, 0.29) is 12.2 Å². The number of aliphatic hydroxyl groups is 1. The second-order valence-electron chi connectivity index (χ2n) is 8.57. The number of nitrogens with zero attached hydrogens (tertiary/aromatic N) is 1. The Hall–Kier alpha value is -1.44. The Balaban J connectivity index is 2.12. The number of unbranched alkanes of at least 4 members (excludes halogenated alkanes) is 6. The number of ether oxygens (including phenoxy) is 2. The first-order chi connectivity index (χ1) is 13.2. The highest BCUT2D eigenvalue weighted by Crippen LogP contribution is 2.15. The van der Waals surface area contributed by atoms with Crippen LogP contribution < -0.4 is 5.32 Å². The van der Waals surface area contributed by atoms with Crippen molar-refractivity contribution in [2.24, 2.45) is 0 Å². The highest BCUT2D eigenvalue weighted by molar-refractivity contribution is 5.90. The van der Waals surface area contributed by atoms with Crippen LogP contribution in [0, 0.1) is 0 Å². The number of rotatable bonds is 15. The van der Waals surface area contributed by atoms with Crippen LogP contribution in [0.1, 0.15) is 64.7 Å². The molecule has 2 atom stereocenters. The van der Waals surface area contributed by atoms with Gasteiger partial charge in [-0.05, 0) is 38.2 Å². The molecule has 0 aromatic carbocycles. The Labute approximate surface area is 169 Å². The summed E-state index contributed by atoms with van der Waals surface area (Å²) >= 11 is 0. The van der Waals surface area contributed by atoms with Gasteiger partial charge in [-0.15, -0.1) is 0 Å². The Morgan fingerprint density at radius 2 is 1.79 bits per heavy atom. The Bertz CT molecular complexity index is 513. The van der Waals surface area contributed by atoms with Crippen molar-refractivity contribution in [3.8, 4) is 0 Å². The van der Waals surface area contributed by atoms with Gasteiger partial charge in [0.25, 0.3) is 0 Å². The number of hydrogen-bond acceptors (Lipinski definition) is 6. The summed E-state index contributed by atoms with van der Waals surface area (Å²) < 4.78 is 11.0. The minimum absolute atomic E-state index is 0.315. The number of carbonyl (C=O) groups is 2. The van der Waals surface area contributed by atoms with E-state index in [9.17, 15) is 14.7 Å². The Morgan fingerprint density at radius 1 is 1.18 bits per heavy atom. The van der Waals surface area contributed by atoms with Gasteiger partial charge in [0.15, 0.2) is 6.23 Å². The molecule has 0 aromatic rings. The van der Waals surface area contributed by atoms with Crippen LogP contribution >= 0.6 is 0 Å². The molecular weight excluding hydrogens is 360 g/mol. The maximum atomic E-state index is 11.5. The topological polar surface area (TPSA) is 84.9 Å². The van der Waals surface area contributed by atoms with Crippen molar-refractivity contribution < 1.29 is 28.7 Å². The summed E-state index contributed by atoms with van der Waals surface area (Å²) in [7, 11) is 6.69. The molecule has 1 rings (SSSR count). The van der Waals surface area contributed by atoms with E-state index in [0.29, 0.717) is 18.5 Å². The third kappa shape index (κ3) is 12.1. The molecule has 2 N–H and O–H groups in total. The van der Waals surface area contributed by atoms with Gasteiger partial charge in [-0.2, -0.15) is 0 Å². The highest BCUT2D eigenvalue weighted by Gasteiger charge is 2.23. The van der Waals surface area contributed by atoms with E-state index in [1.807, 2.05) is 0 Å². The highest BCUT2D eigenvalue weighted by atomic mass is 16.6. The summed E-state index contributed by atoms with van der Waals surface area (Å²) in [6.07, 6.45) is 9.54. The van der Waals surface area contributed by atoms with E-state index in [0.717, 1.165) is 23.7 Å². The molecule has 7 heteroatoms. The maximum Gasteiger partial charge on any atom is 0.336 e. The Kier molecular flexibility index (Phi) is 11.3. The minimum Gasteiger partial charge on any atom is -0.447 e. The van der Waals surface area contributed by atoms with Gasteiger partial charge in [-0.1, -0.05) is 25.7 Å². The molecule has 0 fully saturated rings. The summed E-state index contributed by atoms with van der Waals surface area (Å²) in [5, 5.41) is 12.4. The average Bonchev–Trinajstić information content (AvgIpc) is 2.89. The standard InChI is InChI=1S/C21H39N2O5/c1-17(24)27-19(22-14-13-18-16-20(25)28-21(18)26)12-10-8-6-5-7-9-11-15-23(2,3)4/h16,19-20,22,25H,5-15H2,1-4H3/q+1/t19?,20-/m1/s1. The van der Waals surface area contributed by atoms with Crippen molar-refractivity contribution in [3.05, 3.63) is 11.6 Å². The van der Waals surface area contributed by atoms with Gasteiger partial charge in [0.05, 0.1) is 27.7 Å². The summed E-state index contributed by atoms with van der Waals surface area (Å²) in [4.78, 5) is 22.8.